The van der Waals surface area contributed by atoms with Crippen LogP contribution in [0.1, 0.15) is 45.5 Å². The molecule has 20 heavy (non-hydrogen) atoms. The Labute approximate surface area is 123 Å². The molecule has 1 aliphatic rings. The molecule has 2 rings (SSSR count). The van der Waals surface area contributed by atoms with E-state index in [4.69, 9.17) is 0 Å². The molecular formula is C16H30N4. The van der Waals surface area contributed by atoms with Crippen molar-refractivity contribution < 1.29 is 0 Å². The predicted molar refractivity (Wildman–Crippen MR) is 83.8 cm³/mol. The molecule has 3 atom stereocenters. The zero-order chi connectivity index (χ0) is 14.7. The zero-order valence-corrected chi connectivity index (χ0v) is 13.7. The van der Waals surface area contributed by atoms with Crippen molar-refractivity contribution in [3.8, 4) is 0 Å². The van der Waals surface area contributed by atoms with Crippen molar-refractivity contribution in [3.05, 3.63) is 17.5 Å². The lowest BCUT2D eigenvalue weighted by atomic mass is 9.95. The molecule has 0 aliphatic carbocycles. The summed E-state index contributed by atoms with van der Waals surface area (Å²) in [5, 5.41) is 8.27. The molecule has 3 unspecified atom stereocenters. The normalized spacial score (nSPS) is 25.9. The summed E-state index contributed by atoms with van der Waals surface area (Å²) in [5.74, 6) is 0.739. The van der Waals surface area contributed by atoms with Gasteiger partial charge >= 0.3 is 0 Å². The Bertz CT molecular complexity index is 426. The summed E-state index contributed by atoms with van der Waals surface area (Å²) >= 11 is 0. The van der Waals surface area contributed by atoms with E-state index in [2.05, 4.69) is 60.7 Å². The van der Waals surface area contributed by atoms with E-state index in [1.165, 1.54) is 12.1 Å². The van der Waals surface area contributed by atoms with Gasteiger partial charge < -0.3 is 5.32 Å². The molecule has 0 aromatic carbocycles. The Balaban J connectivity index is 2.06. The van der Waals surface area contributed by atoms with Gasteiger partial charge in [0.15, 0.2) is 0 Å². The number of hydrogen-bond donors (Lipinski definition) is 1. The van der Waals surface area contributed by atoms with Gasteiger partial charge in [-0.25, -0.2) is 0 Å². The summed E-state index contributed by atoms with van der Waals surface area (Å²) in [6.07, 6.45) is 1.24. The van der Waals surface area contributed by atoms with Crippen LogP contribution in [0.15, 0.2) is 6.07 Å². The molecule has 1 N–H and O–H groups in total. The first-order valence-corrected chi connectivity index (χ1v) is 8.05. The van der Waals surface area contributed by atoms with E-state index in [-0.39, 0.29) is 0 Å². The maximum absolute atomic E-state index is 4.56. The molecule has 2 heterocycles. The van der Waals surface area contributed by atoms with Crippen LogP contribution in [0.3, 0.4) is 0 Å². The highest BCUT2D eigenvalue weighted by molar-refractivity contribution is 5.09. The Kier molecular flexibility index (Phi) is 5.22. The number of piperazine rings is 1. The zero-order valence-electron chi connectivity index (χ0n) is 13.7. The van der Waals surface area contributed by atoms with Gasteiger partial charge in [0, 0.05) is 38.3 Å². The van der Waals surface area contributed by atoms with Gasteiger partial charge in [-0.05, 0) is 32.8 Å². The van der Waals surface area contributed by atoms with Crippen LogP contribution in [0.2, 0.25) is 0 Å². The van der Waals surface area contributed by atoms with Crippen molar-refractivity contribution in [2.45, 2.75) is 66.2 Å². The van der Waals surface area contributed by atoms with Crippen molar-refractivity contribution >= 4 is 0 Å². The lowest BCUT2D eigenvalue weighted by Gasteiger charge is -2.41. The molecule has 0 spiro atoms. The van der Waals surface area contributed by atoms with Crippen LogP contribution in [0.4, 0.5) is 0 Å². The lowest BCUT2D eigenvalue weighted by Crippen LogP contribution is -2.57. The van der Waals surface area contributed by atoms with Crippen LogP contribution in [-0.2, 0) is 13.1 Å². The first-order chi connectivity index (χ1) is 9.55. The first kappa shape index (κ1) is 15.5. The summed E-state index contributed by atoms with van der Waals surface area (Å²) < 4.78 is 2.14. The van der Waals surface area contributed by atoms with Gasteiger partial charge in [-0.1, -0.05) is 20.3 Å². The largest absolute Gasteiger partial charge is 0.311 e. The van der Waals surface area contributed by atoms with Gasteiger partial charge in [-0.2, -0.15) is 5.10 Å². The average Bonchev–Trinajstić information content (AvgIpc) is 2.80. The molecule has 0 radical (unpaired) electrons. The molecule has 1 aromatic heterocycles. The van der Waals surface area contributed by atoms with E-state index in [0.717, 1.165) is 37.8 Å². The minimum atomic E-state index is 0.593. The third kappa shape index (κ3) is 3.41. The van der Waals surface area contributed by atoms with Crippen LogP contribution in [-0.4, -0.2) is 39.9 Å². The van der Waals surface area contributed by atoms with E-state index in [0.29, 0.717) is 12.1 Å². The van der Waals surface area contributed by atoms with Gasteiger partial charge in [-0.3, -0.25) is 9.58 Å². The molecule has 0 bridgehead atoms. The topological polar surface area (TPSA) is 33.1 Å². The van der Waals surface area contributed by atoms with Crippen molar-refractivity contribution in [2.24, 2.45) is 5.92 Å². The van der Waals surface area contributed by atoms with Crippen LogP contribution >= 0.6 is 0 Å². The molecule has 0 amide bonds. The van der Waals surface area contributed by atoms with Gasteiger partial charge in [0.25, 0.3) is 0 Å². The van der Waals surface area contributed by atoms with Crippen molar-refractivity contribution in [1.29, 1.82) is 0 Å². The first-order valence-electron chi connectivity index (χ1n) is 8.05. The minimum Gasteiger partial charge on any atom is -0.311 e. The Hall–Kier alpha value is -0.870. The predicted octanol–water partition coefficient (Wildman–Crippen LogP) is 2.42. The third-order valence-corrected chi connectivity index (χ3v) is 4.71. The van der Waals surface area contributed by atoms with E-state index < -0.39 is 0 Å². The molecule has 1 saturated heterocycles. The van der Waals surface area contributed by atoms with E-state index >= 15 is 0 Å². The highest BCUT2D eigenvalue weighted by Gasteiger charge is 2.28. The molecule has 1 aromatic rings. The van der Waals surface area contributed by atoms with Crippen molar-refractivity contribution in [2.75, 3.05) is 13.1 Å². The minimum absolute atomic E-state index is 0.593. The molecule has 114 valence electrons. The Morgan fingerprint density at radius 1 is 1.45 bits per heavy atom. The van der Waals surface area contributed by atoms with Crippen molar-refractivity contribution in [1.82, 2.24) is 20.0 Å². The number of rotatable bonds is 5. The summed E-state index contributed by atoms with van der Waals surface area (Å²) in [6.45, 7) is 15.4. The molecule has 1 fully saturated rings. The summed E-state index contributed by atoms with van der Waals surface area (Å²) in [5.41, 5.74) is 2.48. The van der Waals surface area contributed by atoms with Crippen LogP contribution in [0.25, 0.3) is 0 Å². The standard InChI is InChI=1S/C16H30N4/c1-6-12(3)16-11-19(14(5)9-17-16)10-15-8-13(4)18-20(15)7-2/h8,12,14,16-17H,6-7,9-11H2,1-5H3. The number of aryl methyl sites for hydroxylation is 2. The molecule has 4 nitrogen and oxygen atoms in total. The second-order valence-electron chi connectivity index (χ2n) is 6.27. The van der Waals surface area contributed by atoms with E-state index in [1.54, 1.807) is 0 Å². The maximum Gasteiger partial charge on any atom is 0.0597 e. The highest BCUT2D eigenvalue weighted by atomic mass is 15.3. The maximum atomic E-state index is 4.56. The molecule has 1 aliphatic heterocycles. The monoisotopic (exact) mass is 278 g/mol. The highest BCUT2D eigenvalue weighted by Crippen LogP contribution is 2.18. The SMILES string of the molecule is CCC(C)C1CN(Cc2cc(C)nn2CC)C(C)CN1. The van der Waals surface area contributed by atoms with E-state index in [9.17, 15) is 0 Å². The fourth-order valence-corrected chi connectivity index (χ4v) is 3.04. The Morgan fingerprint density at radius 2 is 2.20 bits per heavy atom. The van der Waals surface area contributed by atoms with Crippen molar-refractivity contribution in [3.63, 3.8) is 0 Å². The second kappa shape index (κ2) is 6.72. The average molecular weight is 278 g/mol. The lowest BCUT2D eigenvalue weighted by molar-refractivity contribution is 0.109. The number of nitrogens with one attached hydrogen (secondary N) is 1. The summed E-state index contributed by atoms with van der Waals surface area (Å²) in [6, 6.07) is 3.45. The molecule has 4 heteroatoms. The number of aromatic nitrogens is 2. The van der Waals surface area contributed by atoms with Gasteiger partial charge in [-0.15, -0.1) is 0 Å². The van der Waals surface area contributed by atoms with Crippen LogP contribution in [0, 0.1) is 12.8 Å². The molecular weight excluding hydrogens is 248 g/mol. The number of nitrogens with zero attached hydrogens (tertiary/aromatic N) is 3. The summed E-state index contributed by atoms with van der Waals surface area (Å²) in [4.78, 5) is 2.61. The smallest absolute Gasteiger partial charge is 0.0597 e. The Morgan fingerprint density at radius 3 is 2.85 bits per heavy atom. The number of hydrogen-bond acceptors (Lipinski definition) is 3. The van der Waals surface area contributed by atoms with Gasteiger partial charge in [0.1, 0.15) is 0 Å². The van der Waals surface area contributed by atoms with Gasteiger partial charge in [0.2, 0.25) is 0 Å². The summed E-state index contributed by atoms with van der Waals surface area (Å²) in [7, 11) is 0. The van der Waals surface area contributed by atoms with Crippen LogP contribution < -0.4 is 5.32 Å². The fourth-order valence-electron chi connectivity index (χ4n) is 3.04. The quantitative estimate of drug-likeness (QED) is 0.898. The van der Waals surface area contributed by atoms with E-state index in [1.807, 2.05) is 0 Å². The fraction of sp³-hybridized carbons (Fsp3) is 0.812. The van der Waals surface area contributed by atoms with Crippen LogP contribution in [0.5, 0.6) is 0 Å². The van der Waals surface area contributed by atoms with Gasteiger partial charge in [0.05, 0.1) is 11.4 Å². The second-order valence-corrected chi connectivity index (χ2v) is 6.27. The third-order valence-electron chi connectivity index (χ3n) is 4.71. The molecule has 0 saturated carbocycles.